The molecule has 6 heteroatoms. The van der Waals surface area contributed by atoms with Crippen LogP contribution in [0.3, 0.4) is 0 Å². The summed E-state index contributed by atoms with van der Waals surface area (Å²) in [5, 5.41) is 4.37. The quantitative estimate of drug-likeness (QED) is 0.717. The van der Waals surface area contributed by atoms with Crippen LogP contribution in [0.4, 0.5) is 5.82 Å². The number of hydrogen-bond donors (Lipinski definition) is 2. The number of aromatic nitrogens is 4. The molecule has 106 valence electrons. The van der Waals surface area contributed by atoms with E-state index in [2.05, 4.69) is 10.1 Å². The van der Waals surface area contributed by atoms with Crippen LogP contribution in [-0.2, 0) is 0 Å². The Labute approximate surface area is 122 Å². The van der Waals surface area contributed by atoms with Gasteiger partial charge in [0.1, 0.15) is 11.5 Å². The van der Waals surface area contributed by atoms with Crippen molar-refractivity contribution in [3.05, 3.63) is 48.5 Å². The number of rotatable bonds is 3. The summed E-state index contributed by atoms with van der Waals surface area (Å²) in [5.41, 5.74) is 8.67. The maximum atomic E-state index is 6.09. The van der Waals surface area contributed by atoms with E-state index >= 15 is 0 Å². The fraction of sp³-hybridized carbons (Fsp3) is 0.200. The smallest absolute Gasteiger partial charge is 0.150 e. The third-order valence-electron chi connectivity index (χ3n) is 3.79. The molecule has 1 aromatic carbocycles. The lowest BCUT2D eigenvalue weighted by Gasteiger charge is -2.00. The molecule has 1 aliphatic rings. The van der Waals surface area contributed by atoms with E-state index in [4.69, 9.17) is 11.6 Å². The molecule has 2 aromatic heterocycles. The van der Waals surface area contributed by atoms with Crippen molar-refractivity contribution in [2.24, 2.45) is 0 Å². The Balaban J connectivity index is 1.75. The first-order valence-electron chi connectivity index (χ1n) is 6.97. The van der Waals surface area contributed by atoms with E-state index in [1.165, 1.54) is 4.68 Å². The average Bonchev–Trinajstić information content (AvgIpc) is 3.16. The number of anilines is 1. The zero-order valence-electron chi connectivity index (χ0n) is 11.5. The van der Waals surface area contributed by atoms with E-state index in [0.29, 0.717) is 17.4 Å². The Kier molecular flexibility index (Phi) is 2.50. The zero-order valence-corrected chi connectivity index (χ0v) is 11.5. The molecule has 4 rings (SSSR count). The molecule has 2 heterocycles. The lowest BCUT2D eigenvalue weighted by Crippen LogP contribution is -2.14. The molecule has 21 heavy (non-hydrogen) atoms. The Morgan fingerprint density at radius 3 is 2.62 bits per heavy atom. The van der Waals surface area contributed by atoms with Gasteiger partial charge in [-0.2, -0.15) is 5.10 Å². The number of nitrogens with two attached hydrogens (primary N) is 2. The first kappa shape index (κ1) is 12.0. The number of para-hydroxylation sites is 1. The van der Waals surface area contributed by atoms with Crippen molar-refractivity contribution < 1.29 is 0 Å². The fourth-order valence-electron chi connectivity index (χ4n) is 2.47. The summed E-state index contributed by atoms with van der Waals surface area (Å²) in [6.45, 7) is 0. The molecular formula is C15H16N6. The summed E-state index contributed by atoms with van der Waals surface area (Å²) in [6, 6.07) is 9.92. The Morgan fingerprint density at radius 1 is 1.14 bits per heavy atom. The van der Waals surface area contributed by atoms with Gasteiger partial charge < -0.3 is 11.6 Å². The summed E-state index contributed by atoms with van der Waals surface area (Å²) >= 11 is 0. The molecule has 4 N–H and O–H groups in total. The Hall–Kier alpha value is -2.76. The van der Waals surface area contributed by atoms with Crippen LogP contribution in [0.5, 0.6) is 0 Å². The van der Waals surface area contributed by atoms with Gasteiger partial charge in [0.2, 0.25) is 0 Å². The van der Waals surface area contributed by atoms with Crippen molar-refractivity contribution in [2.45, 2.75) is 18.8 Å². The van der Waals surface area contributed by atoms with E-state index in [1.54, 1.807) is 10.9 Å². The molecule has 0 atom stereocenters. The van der Waals surface area contributed by atoms with Crippen molar-refractivity contribution in [3.63, 3.8) is 0 Å². The molecule has 0 amide bonds. The SMILES string of the molecule is Nc1c(-c2cnn(-c3ccccc3)c2)nc(C2CC2)n1N. The van der Waals surface area contributed by atoms with Crippen LogP contribution in [0.25, 0.3) is 16.9 Å². The van der Waals surface area contributed by atoms with Crippen LogP contribution < -0.4 is 11.6 Å². The molecule has 1 saturated carbocycles. The standard InChI is InChI=1S/C15H16N6/c16-14-13(19-15(21(14)17)10-6-7-10)11-8-18-20(9-11)12-4-2-1-3-5-12/h1-5,8-10H,6-7,16-17H2. The number of nitrogens with zero attached hydrogens (tertiary/aromatic N) is 4. The van der Waals surface area contributed by atoms with Crippen LogP contribution in [0.15, 0.2) is 42.7 Å². The molecule has 1 fully saturated rings. The summed E-state index contributed by atoms with van der Waals surface area (Å²) < 4.78 is 3.31. The highest BCUT2D eigenvalue weighted by molar-refractivity contribution is 5.70. The average molecular weight is 280 g/mol. The van der Waals surface area contributed by atoms with Crippen LogP contribution >= 0.6 is 0 Å². The molecule has 0 saturated heterocycles. The molecule has 3 aromatic rings. The van der Waals surface area contributed by atoms with Gasteiger partial charge in [0.15, 0.2) is 5.82 Å². The third kappa shape index (κ3) is 1.96. The van der Waals surface area contributed by atoms with Crippen LogP contribution in [0.2, 0.25) is 0 Å². The third-order valence-corrected chi connectivity index (χ3v) is 3.79. The topological polar surface area (TPSA) is 87.7 Å². The summed E-state index contributed by atoms with van der Waals surface area (Å²) in [6.07, 6.45) is 5.96. The molecule has 0 radical (unpaired) electrons. The highest BCUT2D eigenvalue weighted by Crippen LogP contribution is 2.41. The van der Waals surface area contributed by atoms with E-state index in [0.717, 1.165) is 29.9 Å². The molecule has 0 unspecified atom stereocenters. The summed E-state index contributed by atoms with van der Waals surface area (Å²) in [4.78, 5) is 4.61. The lowest BCUT2D eigenvalue weighted by molar-refractivity contribution is 0.855. The first-order chi connectivity index (χ1) is 10.2. The Morgan fingerprint density at radius 2 is 1.90 bits per heavy atom. The van der Waals surface area contributed by atoms with Gasteiger partial charge in [0.05, 0.1) is 11.9 Å². The molecule has 0 bridgehead atoms. The van der Waals surface area contributed by atoms with Crippen molar-refractivity contribution in [1.29, 1.82) is 0 Å². The Bertz CT molecular complexity index is 782. The molecular weight excluding hydrogens is 264 g/mol. The maximum absolute atomic E-state index is 6.09. The van der Waals surface area contributed by atoms with Crippen molar-refractivity contribution >= 4 is 5.82 Å². The minimum absolute atomic E-state index is 0.454. The predicted molar refractivity (Wildman–Crippen MR) is 81.3 cm³/mol. The van der Waals surface area contributed by atoms with Gasteiger partial charge in [0, 0.05) is 17.7 Å². The molecule has 0 aliphatic heterocycles. The van der Waals surface area contributed by atoms with E-state index in [1.807, 2.05) is 36.5 Å². The van der Waals surface area contributed by atoms with Gasteiger partial charge in [-0.25, -0.2) is 14.3 Å². The largest absolute Gasteiger partial charge is 0.382 e. The van der Waals surface area contributed by atoms with Crippen molar-refractivity contribution in [1.82, 2.24) is 19.4 Å². The van der Waals surface area contributed by atoms with E-state index in [-0.39, 0.29) is 0 Å². The normalized spacial score (nSPS) is 14.5. The molecule has 1 aliphatic carbocycles. The second-order valence-corrected chi connectivity index (χ2v) is 5.36. The van der Waals surface area contributed by atoms with E-state index in [9.17, 15) is 0 Å². The second-order valence-electron chi connectivity index (χ2n) is 5.36. The van der Waals surface area contributed by atoms with Crippen molar-refractivity contribution in [2.75, 3.05) is 11.6 Å². The summed E-state index contributed by atoms with van der Waals surface area (Å²) in [5.74, 6) is 7.82. The van der Waals surface area contributed by atoms with Gasteiger partial charge >= 0.3 is 0 Å². The summed E-state index contributed by atoms with van der Waals surface area (Å²) in [7, 11) is 0. The number of imidazole rings is 1. The highest BCUT2D eigenvalue weighted by Gasteiger charge is 2.30. The van der Waals surface area contributed by atoms with Crippen LogP contribution in [0.1, 0.15) is 24.6 Å². The first-order valence-corrected chi connectivity index (χ1v) is 6.97. The van der Waals surface area contributed by atoms with E-state index < -0.39 is 0 Å². The van der Waals surface area contributed by atoms with Crippen LogP contribution in [-0.4, -0.2) is 19.4 Å². The van der Waals surface area contributed by atoms with Crippen LogP contribution in [0, 0.1) is 0 Å². The zero-order chi connectivity index (χ0) is 14.4. The van der Waals surface area contributed by atoms with Gasteiger partial charge in [-0.3, -0.25) is 0 Å². The minimum Gasteiger partial charge on any atom is -0.382 e. The minimum atomic E-state index is 0.454. The van der Waals surface area contributed by atoms with Crippen molar-refractivity contribution in [3.8, 4) is 16.9 Å². The van der Waals surface area contributed by atoms with Gasteiger partial charge in [-0.1, -0.05) is 18.2 Å². The fourth-order valence-corrected chi connectivity index (χ4v) is 2.47. The van der Waals surface area contributed by atoms with Gasteiger partial charge in [-0.15, -0.1) is 0 Å². The number of benzene rings is 1. The van der Waals surface area contributed by atoms with Gasteiger partial charge in [-0.05, 0) is 25.0 Å². The van der Waals surface area contributed by atoms with Gasteiger partial charge in [0.25, 0.3) is 0 Å². The predicted octanol–water partition coefficient (Wildman–Crippen LogP) is 1.91. The monoisotopic (exact) mass is 280 g/mol. The molecule has 6 nitrogen and oxygen atoms in total. The second kappa shape index (κ2) is 4.37. The maximum Gasteiger partial charge on any atom is 0.150 e. The lowest BCUT2D eigenvalue weighted by atomic mass is 10.2. The number of nitrogen functional groups attached to an aromatic ring is 2. The molecule has 0 spiro atoms. The number of hydrogen-bond acceptors (Lipinski definition) is 4. The highest BCUT2D eigenvalue weighted by atomic mass is 15.4.